The van der Waals surface area contributed by atoms with Crippen LogP contribution in [0.3, 0.4) is 0 Å². The highest BCUT2D eigenvalue weighted by atomic mass is 32.1. The van der Waals surface area contributed by atoms with Crippen molar-refractivity contribution in [3.8, 4) is 0 Å². The van der Waals surface area contributed by atoms with E-state index in [-0.39, 0.29) is 9.88 Å². The summed E-state index contributed by atoms with van der Waals surface area (Å²) in [6.45, 7) is 2.83. The molecule has 3 aromatic rings. The lowest BCUT2D eigenvalue weighted by Gasteiger charge is -2.01. The summed E-state index contributed by atoms with van der Waals surface area (Å²) >= 11 is 2.29. The van der Waals surface area contributed by atoms with Gasteiger partial charge >= 0.3 is 5.00 Å². The molecule has 0 unspecified atom stereocenters. The molecule has 0 N–H and O–H groups in total. The fraction of sp³-hybridized carbons (Fsp3) is 0.200. The SMILES string of the molecule is CCCn1c(=NC(=O)c2ccc([N+](=O)[O-])s2)sc2ccccc21. The minimum Gasteiger partial charge on any atom is -0.316 e. The van der Waals surface area contributed by atoms with Crippen LogP contribution in [-0.4, -0.2) is 15.4 Å². The number of nitro groups is 1. The Morgan fingerprint density at radius 3 is 2.74 bits per heavy atom. The summed E-state index contributed by atoms with van der Waals surface area (Å²) in [5.74, 6) is -0.445. The van der Waals surface area contributed by atoms with Crippen molar-refractivity contribution in [3.05, 3.63) is 56.2 Å². The Morgan fingerprint density at radius 2 is 2.04 bits per heavy atom. The molecule has 0 saturated carbocycles. The third-order valence-electron chi connectivity index (χ3n) is 3.22. The average Bonchev–Trinajstić information content (AvgIpc) is 3.14. The van der Waals surface area contributed by atoms with Crippen LogP contribution in [0.15, 0.2) is 41.4 Å². The molecule has 2 aromatic heterocycles. The molecule has 3 rings (SSSR count). The lowest BCUT2D eigenvalue weighted by atomic mass is 10.3. The van der Waals surface area contributed by atoms with E-state index in [1.807, 2.05) is 28.8 Å². The molecule has 0 bridgehead atoms. The molecule has 0 aliphatic rings. The molecule has 2 heterocycles. The van der Waals surface area contributed by atoms with Crippen molar-refractivity contribution < 1.29 is 9.72 Å². The topological polar surface area (TPSA) is 77.5 Å². The van der Waals surface area contributed by atoms with Gasteiger partial charge in [0.1, 0.15) is 4.88 Å². The van der Waals surface area contributed by atoms with E-state index in [1.165, 1.54) is 23.5 Å². The van der Waals surface area contributed by atoms with E-state index >= 15 is 0 Å². The number of hydrogen-bond acceptors (Lipinski definition) is 5. The van der Waals surface area contributed by atoms with Crippen LogP contribution >= 0.6 is 22.7 Å². The highest BCUT2D eigenvalue weighted by Crippen LogP contribution is 2.24. The second-order valence-corrected chi connectivity index (χ2v) is 6.89. The number of carbonyl (C=O) groups excluding carboxylic acids is 1. The van der Waals surface area contributed by atoms with Crippen LogP contribution in [0.25, 0.3) is 10.2 Å². The van der Waals surface area contributed by atoms with Crippen molar-refractivity contribution in [2.45, 2.75) is 19.9 Å². The number of aromatic nitrogens is 1. The Labute approximate surface area is 139 Å². The molecule has 6 nitrogen and oxygen atoms in total. The van der Waals surface area contributed by atoms with Crippen LogP contribution in [0, 0.1) is 10.1 Å². The van der Waals surface area contributed by atoms with Gasteiger partial charge in [0.2, 0.25) is 0 Å². The number of amides is 1. The van der Waals surface area contributed by atoms with Crippen LogP contribution in [0.5, 0.6) is 0 Å². The van der Waals surface area contributed by atoms with E-state index in [9.17, 15) is 14.9 Å². The van der Waals surface area contributed by atoms with Crippen LogP contribution in [-0.2, 0) is 6.54 Å². The smallest absolute Gasteiger partial charge is 0.316 e. The molecule has 0 radical (unpaired) electrons. The van der Waals surface area contributed by atoms with Crippen molar-refractivity contribution in [2.75, 3.05) is 0 Å². The van der Waals surface area contributed by atoms with E-state index in [0.29, 0.717) is 4.80 Å². The number of benzene rings is 1. The second-order valence-electron chi connectivity index (χ2n) is 4.82. The lowest BCUT2D eigenvalue weighted by molar-refractivity contribution is -0.380. The first kappa shape index (κ1) is 15.6. The molecule has 8 heteroatoms. The number of rotatable bonds is 4. The van der Waals surface area contributed by atoms with Gasteiger partial charge in [0.15, 0.2) is 4.80 Å². The number of thiophene rings is 1. The highest BCUT2D eigenvalue weighted by molar-refractivity contribution is 7.17. The summed E-state index contributed by atoms with van der Waals surface area (Å²) in [5, 5.41) is 10.7. The first-order chi connectivity index (χ1) is 11.1. The Balaban J connectivity index is 2.07. The first-order valence-electron chi connectivity index (χ1n) is 7.02. The van der Waals surface area contributed by atoms with Crippen molar-refractivity contribution in [3.63, 3.8) is 0 Å². The molecule has 118 valence electrons. The highest BCUT2D eigenvalue weighted by Gasteiger charge is 2.15. The first-order valence-corrected chi connectivity index (χ1v) is 8.65. The number of nitrogens with zero attached hydrogens (tertiary/aromatic N) is 3. The number of fused-ring (bicyclic) bond motifs is 1. The van der Waals surface area contributed by atoms with Gasteiger partial charge in [-0.15, -0.1) is 0 Å². The Morgan fingerprint density at radius 1 is 1.26 bits per heavy atom. The van der Waals surface area contributed by atoms with Crippen molar-refractivity contribution in [1.82, 2.24) is 4.57 Å². The van der Waals surface area contributed by atoms with Crippen molar-refractivity contribution in [1.29, 1.82) is 0 Å². The van der Waals surface area contributed by atoms with Gasteiger partial charge in [-0.3, -0.25) is 14.9 Å². The Kier molecular flexibility index (Phi) is 4.35. The molecule has 1 amide bonds. The number of hydrogen-bond donors (Lipinski definition) is 0. The minimum absolute atomic E-state index is 0.0543. The molecule has 0 saturated heterocycles. The van der Waals surface area contributed by atoms with Gasteiger partial charge in [-0.1, -0.05) is 41.7 Å². The van der Waals surface area contributed by atoms with Crippen molar-refractivity contribution in [2.24, 2.45) is 4.99 Å². The molecule has 1 aromatic carbocycles. The van der Waals surface area contributed by atoms with Gasteiger partial charge in [-0.05, 0) is 24.6 Å². The number of para-hydroxylation sites is 1. The fourth-order valence-electron chi connectivity index (χ4n) is 2.23. The van der Waals surface area contributed by atoms with E-state index < -0.39 is 10.8 Å². The molecule has 0 fully saturated rings. The predicted molar refractivity (Wildman–Crippen MR) is 91.0 cm³/mol. The van der Waals surface area contributed by atoms with E-state index in [2.05, 4.69) is 11.9 Å². The normalized spacial score (nSPS) is 12.0. The quantitative estimate of drug-likeness (QED) is 0.531. The zero-order valence-electron chi connectivity index (χ0n) is 12.3. The molecule has 0 atom stereocenters. The van der Waals surface area contributed by atoms with Crippen LogP contribution in [0.1, 0.15) is 23.0 Å². The summed E-state index contributed by atoms with van der Waals surface area (Å²) in [7, 11) is 0. The van der Waals surface area contributed by atoms with Gasteiger partial charge in [0, 0.05) is 12.6 Å². The van der Waals surface area contributed by atoms with Gasteiger partial charge in [0.25, 0.3) is 5.91 Å². The second kappa shape index (κ2) is 6.43. The molecular formula is C15H13N3O3S2. The predicted octanol–water partition coefficient (Wildman–Crippen LogP) is 3.82. The zero-order chi connectivity index (χ0) is 16.4. The largest absolute Gasteiger partial charge is 0.324 e. The Hall–Kier alpha value is -2.32. The zero-order valence-corrected chi connectivity index (χ0v) is 13.9. The summed E-state index contributed by atoms with van der Waals surface area (Å²) in [6, 6.07) is 10.7. The van der Waals surface area contributed by atoms with E-state index in [4.69, 9.17) is 0 Å². The third kappa shape index (κ3) is 3.08. The van der Waals surface area contributed by atoms with Gasteiger partial charge < -0.3 is 4.57 Å². The van der Waals surface area contributed by atoms with Crippen LogP contribution in [0.4, 0.5) is 5.00 Å². The maximum Gasteiger partial charge on any atom is 0.324 e. The summed E-state index contributed by atoms with van der Waals surface area (Å²) < 4.78 is 3.07. The van der Waals surface area contributed by atoms with E-state index in [0.717, 1.165) is 34.5 Å². The van der Waals surface area contributed by atoms with Gasteiger partial charge in [0.05, 0.1) is 15.1 Å². The Bertz CT molecular complexity index is 952. The lowest BCUT2D eigenvalue weighted by Crippen LogP contribution is -2.16. The summed E-state index contributed by atoms with van der Waals surface area (Å²) in [6.07, 6.45) is 0.923. The van der Waals surface area contributed by atoms with Crippen LogP contribution < -0.4 is 4.80 Å². The van der Waals surface area contributed by atoms with E-state index in [1.54, 1.807) is 0 Å². The molecule has 23 heavy (non-hydrogen) atoms. The van der Waals surface area contributed by atoms with Crippen LogP contribution in [0.2, 0.25) is 0 Å². The minimum atomic E-state index is -0.502. The standard InChI is InChI=1S/C15H13N3O3S2/c1-2-9-17-10-5-3-4-6-11(10)23-15(17)16-14(19)12-7-8-13(22-12)18(20)21/h3-8H,2,9H2,1H3. The fourth-order valence-corrected chi connectivity index (χ4v) is 3.99. The molecule has 0 aliphatic carbocycles. The molecule has 0 aliphatic heterocycles. The van der Waals surface area contributed by atoms with Gasteiger partial charge in [-0.25, -0.2) is 0 Å². The number of carbonyl (C=O) groups is 1. The van der Waals surface area contributed by atoms with Gasteiger partial charge in [-0.2, -0.15) is 4.99 Å². The maximum atomic E-state index is 12.3. The summed E-state index contributed by atoms with van der Waals surface area (Å²) in [5.41, 5.74) is 1.04. The molecule has 0 spiro atoms. The number of aryl methyl sites for hydroxylation is 1. The molecular weight excluding hydrogens is 334 g/mol. The average molecular weight is 347 g/mol. The monoisotopic (exact) mass is 347 g/mol. The summed E-state index contributed by atoms with van der Waals surface area (Å²) in [4.78, 5) is 27.6. The van der Waals surface area contributed by atoms with Crippen molar-refractivity contribution >= 4 is 43.8 Å². The number of thiazole rings is 1. The maximum absolute atomic E-state index is 12.3. The third-order valence-corrected chi connectivity index (χ3v) is 5.30.